The Balaban J connectivity index is 1.22. The van der Waals surface area contributed by atoms with E-state index in [1.54, 1.807) is 0 Å². The van der Waals surface area contributed by atoms with Crippen LogP contribution in [0.15, 0.2) is 30.3 Å². The van der Waals surface area contributed by atoms with Gasteiger partial charge in [-0.25, -0.2) is 0 Å². The van der Waals surface area contributed by atoms with Gasteiger partial charge in [0.15, 0.2) is 5.78 Å². The summed E-state index contributed by atoms with van der Waals surface area (Å²) in [6, 6.07) is 10.5. The topological polar surface area (TPSA) is 59.0 Å². The van der Waals surface area contributed by atoms with Crippen molar-refractivity contribution in [1.82, 2.24) is 4.90 Å². The second-order valence-corrected chi connectivity index (χ2v) is 11.5. The molecule has 5 heteroatoms. The summed E-state index contributed by atoms with van der Waals surface area (Å²) in [5.41, 5.74) is -0.0291. The van der Waals surface area contributed by atoms with E-state index in [4.69, 9.17) is 9.47 Å². The third-order valence-corrected chi connectivity index (χ3v) is 10.1. The molecule has 2 aliphatic heterocycles. The van der Waals surface area contributed by atoms with Gasteiger partial charge in [-0.1, -0.05) is 30.3 Å². The number of hydrogen-bond donors (Lipinski definition) is 1. The van der Waals surface area contributed by atoms with E-state index in [0.29, 0.717) is 25.4 Å². The molecule has 0 amide bonds. The van der Waals surface area contributed by atoms with E-state index in [0.717, 1.165) is 44.7 Å². The maximum atomic E-state index is 13.2. The first-order valence-corrected chi connectivity index (χ1v) is 12.9. The molecule has 6 fully saturated rings. The van der Waals surface area contributed by atoms with Crippen molar-refractivity contribution < 1.29 is 19.4 Å². The minimum atomic E-state index is -0.796. The summed E-state index contributed by atoms with van der Waals surface area (Å²) in [7, 11) is 0. The second kappa shape index (κ2) is 7.11. The average Bonchev–Trinajstić information content (AvgIpc) is 3.55. The van der Waals surface area contributed by atoms with Crippen LogP contribution in [0, 0.1) is 23.2 Å². The highest BCUT2D eigenvalue weighted by Crippen LogP contribution is 2.69. The molecule has 4 aliphatic carbocycles. The molecule has 7 unspecified atom stereocenters. The first-order chi connectivity index (χ1) is 15.6. The van der Waals surface area contributed by atoms with Gasteiger partial charge in [-0.05, 0) is 68.9 Å². The Morgan fingerprint density at radius 1 is 1.12 bits per heavy atom. The third-order valence-electron chi connectivity index (χ3n) is 10.1. The molecule has 0 aromatic heterocycles. The van der Waals surface area contributed by atoms with Crippen molar-refractivity contribution in [3.8, 4) is 0 Å². The number of carbonyl (C=O) groups is 1. The molecule has 2 bridgehead atoms. The van der Waals surface area contributed by atoms with E-state index in [1.165, 1.54) is 18.4 Å². The SMILES string of the molecule is O=C1CC[C@@]2(O)C3CC4CCC(OCc5ccccc5)C5OC1C2(CCN3CC1CC1)C45. The van der Waals surface area contributed by atoms with Crippen LogP contribution in [0.2, 0.25) is 0 Å². The molecule has 6 aliphatic rings. The largest absolute Gasteiger partial charge is 0.388 e. The predicted octanol–water partition coefficient (Wildman–Crippen LogP) is 3.33. The summed E-state index contributed by atoms with van der Waals surface area (Å²) in [6.45, 7) is 2.71. The van der Waals surface area contributed by atoms with Crippen molar-refractivity contribution >= 4 is 5.78 Å². The normalized spacial score (nSPS) is 47.3. The predicted molar refractivity (Wildman–Crippen MR) is 119 cm³/mol. The zero-order valence-electron chi connectivity index (χ0n) is 18.8. The number of nitrogens with zero attached hydrogens (tertiary/aromatic N) is 1. The van der Waals surface area contributed by atoms with Gasteiger partial charge in [0.2, 0.25) is 0 Å². The minimum absolute atomic E-state index is 0.00882. The number of piperidine rings is 1. The molecule has 2 heterocycles. The second-order valence-electron chi connectivity index (χ2n) is 11.5. The van der Waals surface area contributed by atoms with E-state index in [-0.39, 0.29) is 30.0 Å². The fourth-order valence-electron chi connectivity index (χ4n) is 8.60. The van der Waals surface area contributed by atoms with E-state index in [2.05, 4.69) is 17.0 Å². The van der Waals surface area contributed by atoms with Gasteiger partial charge < -0.3 is 14.6 Å². The standard InChI is InChI=1S/C27H35NO4/c29-20-10-11-27(30)22-14-19-8-9-21(31-16-18-4-2-1-3-5-18)24-23(19)26(27,25(20)32-24)12-13-28(22)15-17-6-7-17/h1-5,17,19,21-25,30H,6-16H2/t19?,21?,22?,23?,24?,25?,26?,27-/m1/s1. The van der Waals surface area contributed by atoms with Gasteiger partial charge in [-0.15, -0.1) is 0 Å². The fraction of sp³-hybridized carbons (Fsp3) is 0.741. The van der Waals surface area contributed by atoms with Crippen molar-refractivity contribution in [3.63, 3.8) is 0 Å². The van der Waals surface area contributed by atoms with Crippen LogP contribution in [0.5, 0.6) is 0 Å². The number of hydrogen-bond acceptors (Lipinski definition) is 5. The molecular weight excluding hydrogens is 402 g/mol. The molecule has 1 spiro atoms. The van der Waals surface area contributed by atoms with E-state index >= 15 is 0 Å². The maximum Gasteiger partial charge on any atom is 0.162 e. The highest BCUT2D eigenvalue weighted by atomic mass is 16.6. The molecule has 5 nitrogen and oxygen atoms in total. The van der Waals surface area contributed by atoms with Crippen LogP contribution < -0.4 is 0 Å². The summed E-state index contributed by atoms with van der Waals surface area (Å²) in [5, 5.41) is 12.4. The Morgan fingerprint density at radius 2 is 1.97 bits per heavy atom. The smallest absolute Gasteiger partial charge is 0.162 e. The van der Waals surface area contributed by atoms with E-state index in [1.807, 2.05) is 18.2 Å². The first-order valence-electron chi connectivity index (χ1n) is 12.9. The van der Waals surface area contributed by atoms with Crippen LogP contribution in [0.4, 0.5) is 0 Å². The molecule has 7 rings (SSSR count). The highest BCUT2D eigenvalue weighted by molar-refractivity contribution is 5.86. The molecule has 2 saturated heterocycles. The Morgan fingerprint density at radius 3 is 2.78 bits per heavy atom. The van der Waals surface area contributed by atoms with Crippen LogP contribution in [-0.4, -0.2) is 58.8 Å². The Labute approximate surface area is 190 Å². The lowest BCUT2D eigenvalue weighted by molar-refractivity contribution is -0.251. The first kappa shape index (κ1) is 20.1. The van der Waals surface area contributed by atoms with Gasteiger partial charge in [0.25, 0.3) is 0 Å². The number of aliphatic hydroxyl groups is 1. The van der Waals surface area contributed by atoms with Crippen molar-refractivity contribution in [1.29, 1.82) is 0 Å². The lowest BCUT2D eigenvalue weighted by atomic mass is 9.42. The summed E-state index contributed by atoms with van der Waals surface area (Å²) >= 11 is 0. The number of rotatable bonds is 5. The molecule has 32 heavy (non-hydrogen) atoms. The molecule has 1 aromatic carbocycles. The lowest BCUT2D eigenvalue weighted by Gasteiger charge is -2.67. The van der Waals surface area contributed by atoms with Crippen molar-refractivity contribution in [3.05, 3.63) is 35.9 Å². The van der Waals surface area contributed by atoms with Gasteiger partial charge in [-0.2, -0.15) is 0 Å². The molecule has 172 valence electrons. The molecule has 0 radical (unpaired) electrons. The quantitative estimate of drug-likeness (QED) is 0.766. The molecular formula is C27H35NO4. The number of ether oxygens (including phenoxy) is 2. The van der Waals surface area contributed by atoms with Crippen molar-refractivity contribution in [2.75, 3.05) is 13.1 Å². The molecule has 4 saturated carbocycles. The number of Topliss-reactive ketones (excluding diaryl/α,β-unsaturated/α-hetero) is 1. The van der Waals surface area contributed by atoms with Crippen LogP contribution in [0.1, 0.15) is 56.9 Å². The number of carbonyl (C=O) groups excluding carboxylic acids is 1. The Bertz CT molecular complexity index is 902. The monoisotopic (exact) mass is 437 g/mol. The van der Waals surface area contributed by atoms with Gasteiger partial charge in [-0.3, -0.25) is 9.69 Å². The molecule has 1 N–H and O–H groups in total. The van der Waals surface area contributed by atoms with E-state index in [9.17, 15) is 9.90 Å². The molecule has 1 aromatic rings. The summed E-state index contributed by atoms with van der Waals surface area (Å²) in [5.74, 6) is 1.82. The Hall–Kier alpha value is -1.27. The van der Waals surface area contributed by atoms with Gasteiger partial charge in [0, 0.05) is 30.3 Å². The van der Waals surface area contributed by atoms with Crippen LogP contribution in [-0.2, 0) is 20.9 Å². The summed E-state index contributed by atoms with van der Waals surface area (Å²) in [4.78, 5) is 15.8. The average molecular weight is 438 g/mol. The summed E-state index contributed by atoms with van der Waals surface area (Å²) in [6.07, 6.45) is 7.32. The van der Waals surface area contributed by atoms with Gasteiger partial charge in [0.05, 0.1) is 24.4 Å². The zero-order valence-corrected chi connectivity index (χ0v) is 18.8. The highest BCUT2D eigenvalue weighted by Gasteiger charge is 2.77. The minimum Gasteiger partial charge on any atom is -0.388 e. The van der Waals surface area contributed by atoms with Crippen LogP contribution in [0.25, 0.3) is 0 Å². The van der Waals surface area contributed by atoms with Gasteiger partial charge in [0.1, 0.15) is 6.10 Å². The number of ketones is 1. The third kappa shape index (κ3) is 2.68. The number of likely N-dealkylation sites (tertiary alicyclic amines) is 1. The van der Waals surface area contributed by atoms with Crippen LogP contribution >= 0.6 is 0 Å². The summed E-state index contributed by atoms with van der Waals surface area (Å²) < 4.78 is 13.1. The zero-order chi connectivity index (χ0) is 21.5. The maximum absolute atomic E-state index is 13.2. The van der Waals surface area contributed by atoms with Crippen molar-refractivity contribution in [2.24, 2.45) is 23.2 Å². The van der Waals surface area contributed by atoms with Gasteiger partial charge >= 0.3 is 0 Å². The van der Waals surface area contributed by atoms with Crippen LogP contribution in [0.3, 0.4) is 0 Å². The Kier molecular flexibility index (Phi) is 4.48. The molecule has 8 atom stereocenters. The number of benzene rings is 1. The van der Waals surface area contributed by atoms with Crippen molar-refractivity contribution in [2.45, 2.75) is 87.9 Å². The fourth-order valence-corrected chi connectivity index (χ4v) is 8.60. The van der Waals surface area contributed by atoms with E-state index < -0.39 is 17.1 Å². The lowest BCUT2D eigenvalue weighted by Crippen LogP contribution is -2.77.